The Morgan fingerprint density at radius 2 is 1.89 bits per heavy atom. The van der Waals surface area contributed by atoms with Crippen molar-refractivity contribution in [2.24, 2.45) is 0 Å². The van der Waals surface area contributed by atoms with Crippen LogP contribution in [0.1, 0.15) is 18.9 Å². The van der Waals surface area contributed by atoms with E-state index in [1.807, 2.05) is 43.3 Å². The van der Waals surface area contributed by atoms with Crippen molar-refractivity contribution >= 4 is 51.9 Å². The van der Waals surface area contributed by atoms with Gasteiger partial charge in [-0.2, -0.15) is 0 Å². The molecule has 1 fully saturated rings. The fourth-order valence-corrected chi connectivity index (χ4v) is 4.18. The van der Waals surface area contributed by atoms with Gasteiger partial charge in [-0.05, 0) is 43.3 Å². The molecule has 2 aromatic rings. The molecule has 0 saturated carbocycles. The van der Waals surface area contributed by atoms with Crippen LogP contribution in [0, 0.1) is 0 Å². The number of benzene rings is 2. The van der Waals surface area contributed by atoms with Crippen molar-refractivity contribution in [3.05, 3.63) is 64.0 Å². The number of para-hydroxylation sites is 1. The molecule has 0 atom stereocenters. The number of hydrogen-bond acceptors (Lipinski definition) is 5. The van der Waals surface area contributed by atoms with Crippen molar-refractivity contribution in [2.75, 3.05) is 19.8 Å². The van der Waals surface area contributed by atoms with E-state index in [0.29, 0.717) is 39.8 Å². The van der Waals surface area contributed by atoms with Crippen LogP contribution < -0.4 is 9.47 Å². The van der Waals surface area contributed by atoms with E-state index in [-0.39, 0.29) is 5.91 Å². The molecular weight excluding hydrogens is 414 g/mol. The number of likely N-dealkylation sites (N-methyl/N-ethyl adjacent to an activating group) is 1. The zero-order chi connectivity index (χ0) is 19.9. The Morgan fingerprint density at radius 1 is 1.14 bits per heavy atom. The van der Waals surface area contributed by atoms with Crippen molar-refractivity contribution in [1.29, 1.82) is 0 Å². The van der Waals surface area contributed by atoms with Crippen LogP contribution in [0.2, 0.25) is 5.02 Å². The number of rotatable bonds is 8. The van der Waals surface area contributed by atoms with Crippen molar-refractivity contribution in [1.82, 2.24) is 4.90 Å². The van der Waals surface area contributed by atoms with Gasteiger partial charge in [0, 0.05) is 23.6 Å². The highest BCUT2D eigenvalue weighted by atomic mass is 35.5. The Hall–Kier alpha value is -2.02. The summed E-state index contributed by atoms with van der Waals surface area (Å²) in [5, 5.41) is 0.581. The highest BCUT2D eigenvalue weighted by Gasteiger charge is 2.30. The number of carbonyl (C=O) groups excluding carboxylic acids is 1. The average molecular weight is 434 g/mol. The van der Waals surface area contributed by atoms with Crippen LogP contribution in [0.3, 0.4) is 0 Å². The van der Waals surface area contributed by atoms with Crippen molar-refractivity contribution < 1.29 is 14.3 Å². The summed E-state index contributed by atoms with van der Waals surface area (Å²) in [5.41, 5.74) is 0.757. The molecule has 0 bridgehead atoms. The maximum absolute atomic E-state index is 12.4. The van der Waals surface area contributed by atoms with E-state index >= 15 is 0 Å². The summed E-state index contributed by atoms with van der Waals surface area (Å²) in [5.74, 6) is 1.43. The van der Waals surface area contributed by atoms with Crippen molar-refractivity contribution in [2.45, 2.75) is 13.3 Å². The number of carbonyl (C=O) groups is 1. The number of ether oxygens (including phenoxy) is 2. The Labute approximate surface area is 179 Å². The van der Waals surface area contributed by atoms with Crippen LogP contribution >= 0.6 is 35.6 Å². The minimum absolute atomic E-state index is 0.0836. The van der Waals surface area contributed by atoms with Gasteiger partial charge in [0.1, 0.15) is 15.8 Å². The highest BCUT2D eigenvalue weighted by Crippen LogP contribution is 2.34. The Morgan fingerprint density at radius 3 is 2.61 bits per heavy atom. The van der Waals surface area contributed by atoms with Crippen LogP contribution in [0.4, 0.5) is 0 Å². The van der Waals surface area contributed by atoms with E-state index in [0.717, 1.165) is 17.7 Å². The molecule has 0 aromatic heterocycles. The molecule has 1 saturated heterocycles. The first-order chi connectivity index (χ1) is 13.6. The van der Waals surface area contributed by atoms with E-state index in [2.05, 4.69) is 0 Å². The molecule has 1 aliphatic rings. The first kappa shape index (κ1) is 20.7. The second-order valence-electron chi connectivity index (χ2n) is 5.97. The summed E-state index contributed by atoms with van der Waals surface area (Å²) in [6.45, 7) is 3.51. The summed E-state index contributed by atoms with van der Waals surface area (Å²) < 4.78 is 12.1. The number of hydrogen-bond donors (Lipinski definition) is 0. The highest BCUT2D eigenvalue weighted by molar-refractivity contribution is 8.26. The first-order valence-corrected chi connectivity index (χ1v) is 10.5. The lowest BCUT2D eigenvalue weighted by Gasteiger charge is -2.11. The van der Waals surface area contributed by atoms with Crippen molar-refractivity contribution in [3.63, 3.8) is 0 Å². The summed E-state index contributed by atoms with van der Waals surface area (Å²) in [6.07, 6.45) is 2.52. The standard InChI is InChI=1S/C21H20ClNO3S2/c1-2-23-20(24)19(28-21(23)27)14-15-13-16(22)9-10-18(15)26-12-6-11-25-17-7-4-3-5-8-17/h3-5,7-10,13-14H,2,6,11-12H2,1H3. The predicted molar refractivity (Wildman–Crippen MR) is 119 cm³/mol. The minimum Gasteiger partial charge on any atom is -0.493 e. The zero-order valence-corrected chi connectivity index (χ0v) is 17.8. The molecule has 0 radical (unpaired) electrons. The monoisotopic (exact) mass is 433 g/mol. The third-order valence-electron chi connectivity index (χ3n) is 4.01. The second kappa shape index (κ2) is 9.96. The van der Waals surface area contributed by atoms with Crippen LogP contribution in [0.25, 0.3) is 6.08 Å². The normalized spacial score (nSPS) is 15.4. The molecule has 1 aliphatic heterocycles. The van der Waals surface area contributed by atoms with Gasteiger partial charge in [0.15, 0.2) is 0 Å². The lowest BCUT2D eigenvalue weighted by Crippen LogP contribution is -2.27. The Balaban J connectivity index is 1.62. The molecule has 7 heteroatoms. The molecule has 3 rings (SSSR count). The maximum Gasteiger partial charge on any atom is 0.266 e. The van der Waals surface area contributed by atoms with Gasteiger partial charge in [0.25, 0.3) is 5.91 Å². The fourth-order valence-electron chi connectivity index (χ4n) is 2.63. The van der Waals surface area contributed by atoms with Gasteiger partial charge in [0.05, 0.1) is 18.1 Å². The Kier molecular flexibility index (Phi) is 7.36. The van der Waals surface area contributed by atoms with Crippen LogP contribution in [0.15, 0.2) is 53.4 Å². The second-order valence-corrected chi connectivity index (χ2v) is 8.08. The van der Waals surface area contributed by atoms with E-state index < -0.39 is 0 Å². The molecule has 1 heterocycles. The molecule has 0 N–H and O–H groups in total. The number of amides is 1. The van der Waals surface area contributed by atoms with E-state index in [4.69, 9.17) is 33.3 Å². The first-order valence-electron chi connectivity index (χ1n) is 8.94. The predicted octanol–water partition coefficient (Wildman–Crippen LogP) is 5.41. The molecule has 146 valence electrons. The smallest absolute Gasteiger partial charge is 0.266 e. The third kappa shape index (κ3) is 5.28. The number of halogens is 1. The van der Waals surface area contributed by atoms with Gasteiger partial charge >= 0.3 is 0 Å². The lowest BCUT2D eigenvalue weighted by molar-refractivity contribution is -0.121. The quantitative estimate of drug-likeness (QED) is 0.316. The van der Waals surface area contributed by atoms with Gasteiger partial charge in [-0.25, -0.2) is 0 Å². The topological polar surface area (TPSA) is 38.8 Å². The van der Waals surface area contributed by atoms with Gasteiger partial charge in [-0.15, -0.1) is 0 Å². The summed E-state index contributed by atoms with van der Waals surface area (Å²) in [7, 11) is 0. The van der Waals surface area contributed by atoms with Crippen LogP contribution in [-0.4, -0.2) is 34.9 Å². The molecule has 4 nitrogen and oxygen atoms in total. The van der Waals surface area contributed by atoms with E-state index in [1.165, 1.54) is 11.8 Å². The van der Waals surface area contributed by atoms with E-state index in [9.17, 15) is 4.79 Å². The van der Waals surface area contributed by atoms with Gasteiger partial charge in [-0.1, -0.05) is 53.8 Å². The Bertz CT molecular complexity index is 886. The van der Waals surface area contributed by atoms with Crippen molar-refractivity contribution in [3.8, 4) is 11.5 Å². The molecule has 0 spiro atoms. The fraction of sp³-hybridized carbons (Fsp3) is 0.238. The summed E-state index contributed by atoms with van der Waals surface area (Å²) in [4.78, 5) is 14.6. The minimum atomic E-state index is -0.0836. The SMILES string of the molecule is CCN1C(=O)C(=Cc2cc(Cl)ccc2OCCCOc2ccccc2)SC1=S. The van der Waals surface area contributed by atoms with Crippen LogP contribution in [-0.2, 0) is 4.79 Å². The van der Waals surface area contributed by atoms with Gasteiger partial charge in [-0.3, -0.25) is 9.69 Å². The number of thioether (sulfide) groups is 1. The van der Waals surface area contributed by atoms with Gasteiger partial charge in [0.2, 0.25) is 0 Å². The van der Waals surface area contributed by atoms with Gasteiger partial charge < -0.3 is 9.47 Å². The summed E-state index contributed by atoms with van der Waals surface area (Å²) >= 11 is 12.7. The molecule has 0 unspecified atom stereocenters. The molecule has 2 aromatic carbocycles. The molecule has 1 amide bonds. The zero-order valence-electron chi connectivity index (χ0n) is 15.4. The lowest BCUT2D eigenvalue weighted by atomic mass is 10.2. The maximum atomic E-state index is 12.4. The number of thiocarbonyl (C=S) groups is 1. The van der Waals surface area contributed by atoms with Crippen LogP contribution in [0.5, 0.6) is 11.5 Å². The molecular formula is C21H20ClNO3S2. The third-order valence-corrected chi connectivity index (χ3v) is 5.62. The summed E-state index contributed by atoms with van der Waals surface area (Å²) in [6, 6.07) is 15.0. The largest absolute Gasteiger partial charge is 0.493 e. The number of nitrogens with zero attached hydrogens (tertiary/aromatic N) is 1. The molecule has 28 heavy (non-hydrogen) atoms. The van der Waals surface area contributed by atoms with E-state index in [1.54, 1.807) is 23.1 Å². The molecule has 0 aliphatic carbocycles. The average Bonchev–Trinajstić information content (AvgIpc) is 2.96.